The van der Waals surface area contributed by atoms with Crippen LogP contribution in [0.5, 0.6) is 5.75 Å². The molecule has 0 radical (unpaired) electrons. The van der Waals surface area contributed by atoms with Gasteiger partial charge in [0.05, 0.1) is 12.0 Å². The molecule has 6 nitrogen and oxygen atoms in total. The first-order valence-electron chi connectivity index (χ1n) is 8.60. The highest BCUT2D eigenvalue weighted by atomic mass is 16.5. The summed E-state index contributed by atoms with van der Waals surface area (Å²) in [7, 11) is 0. The number of ether oxygens (including phenoxy) is 1. The van der Waals surface area contributed by atoms with E-state index in [1.165, 1.54) is 0 Å². The summed E-state index contributed by atoms with van der Waals surface area (Å²) in [5.74, 6) is 0.939. The number of carbonyl (C=O) groups excluding carboxylic acids is 2. The van der Waals surface area contributed by atoms with E-state index < -0.39 is 5.41 Å². The van der Waals surface area contributed by atoms with E-state index in [9.17, 15) is 9.59 Å². The highest BCUT2D eigenvalue weighted by molar-refractivity contribution is 5.89. The van der Waals surface area contributed by atoms with Crippen LogP contribution in [0.2, 0.25) is 0 Å². The first-order valence-corrected chi connectivity index (χ1v) is 8.60. The van der Waals surface area contributed by atoms with Crippen LogP contribution in [0.1, 0.15) is 25.8 Å². The number of amides is 3. The Morgan fingerprint density at radius 2 is 1.83 bits per heavy atom. The summed E-state index contributed by atoms with van der Waals surface area (Å²) in [6.45, 7) is 7.39. The minimum absolute atomic E-state index is 0.0489. The smallest absolute Gasteiger partial charge is 0.317 e. The van der Waals surface area contributed by atoms with Crippen molar-refractivity contribution in [2.45, 2.75) is 25.7 Å². The van der Waals surface area contributed by atoms with Gasteiger partial charge in [0, 0.05) is 38.3 Å². The first kappa shape index (κ1) is 16.6. The average Bonchev–Trinajstić information content (AvgIpc) is 2.62. The van der Waals surface area contributed by atoms with Crippen molar-refractivity contribution in [2.24, 2.45) is 0 Å². The summed E-state index contributed by atoms with van der Waals surface area (Å²) >= 11 is 0. The molecule has 130 valence electrons. The van der Waals surface area contributed by atoms with Crippen LogP contribution in [0.25, 0.3) is 0 Å². The highest BCUT2D eigenvalue weighted by Gasteiger charge is 2.43. The highest BCUT2D eigenvalue weighted by Crippen LogP contribution is 2.39. The van der Waals surface area contributed by atoms with Crippen LogP contribution in [-0.2, 0) is 10.2 Å². The van der Waals surface area contributed by atoms with Crippen LogP contribution in [0.4, 0.5) is 4.79 Å². The molecule has 2 aliphatic rings. The zero-order valence-corrected chi connectivity index (χ0v) is 14.4. The molecule has 1 saturated heterocycles. The number of carbonyl (C=O) groups is 2. The molecule has 1 unspecified atom stereocenters. The van der Waals surface area contributed by atoms with Crippen LogP contribution in [0.3, 0.4) is 0 Å². The van der Waals surface area contributed by atoms with E-state index in [-0.39, 0.29) is 11.9 Å². The second-order valence-electron chi connectivity index (χ2n) is 6.54. The van der Waals surface area contributed by atoms with Crippen molar-refractivity contribution in [3.05, 3.63) is 29.8 Å². The summed E-state index contributed by atoms with van der Waals surface area (Å²) in [5.41, 5.74) is 0.412. The Bertz CT molecular complexity index is 626. The maximum absolute atomic E-state index is 13.2. The van der Waals surface area contributed by atoms with E-state index in [0.717, 1.165) is 11.3 Å². The molecule has 1 aromatic carbocycles. The SMILES string of the molecule is CCNC(=O)N1CCN(C(=O)C2(C)CCOc3ccccc32)CC1. The van der Waals surface area contributed by atoms with Gasteiger partial charge in [-0.1, -0.05) is 18.2 Å². The Balaban J connectivity index is 1.71. The fraction of sp³-hybridized carbons (Fsp3) is 0.556. The molecule has 0 bridgehead atoms. The lowest BCUT2D eigenvalue weighted by Crippen LogP contribution is -2.57. The Hall–Kier alpha value is -2.24. The van der Waals surface area contributed by atoms with Crippen molar-refractivity contribution >= 4 is 11.9 Å². The minimum atomic E-state index is -0.553. The molecule has 1 N–H and O–H groups in total. The Morgan fingerprint density at radius 3 is 2.54 bits per heavy atom. The van der Waals surface area contributed by atoms with Crippen molar-refractivity contribution in [3.63, 3.8) is 0 Å². The predicted octanol–water partition coefficient (Wildman–Crippen LogP) is 1.60. The van der Waals surface area contributed by atoms with Gasteiger partial charge in [0.15, 0.2) is 0 Å². The fourth-order valence-electron chi connectivity index (χ4n) is 3.49. The predicted molar refractivity (Wildman–Crippen MR) is 91.1 cm³/mol. The number of benzene rings is 1. The third-order valence-electron chi connectivity index (χ3n) is 5.00. The second kappa shape index (κ2) is 6.71. The van der Waals surface area contributed by atoms with E-state index >= 15 is 0 Å². The maximum Gasteiger partial charge on any atom is 0.317 e. The molecule has 3 amide bonds. The quantitative estimate of drug-likeness (QED) is 0.895. The molecule has 2 aliphatic heterocycles. The molecule has 1 atom stereocenters. The number of nitrogens with one attached hydrogen (secondary N) is 1. The first-order chi connectivity index (χ1) is 11.6. The maximum atomic E-state index is 13.2. The number of rotatable bonds is 2. The lowest BCUT2D eigenvalue weighted by molar-refractivity contribution is -0.139. The van der Waals surface area contributed by atoms with Gasteiger partial charge in [-0.15, -0.1) is 0 Å². The number of piperazine rings is 1. The van der Waals surface area contributed by atoms with Crippen molar-refractivity contribution < 1.29 is 14.3 Å². The van der Waals surface area contributed by atoms with Crippen LogP contribution in [-0.4, -0.2) is 61.1 Å². The van der Waals surface area contributed by atoms with Gasteiger partial charge in [0.2, 0.25) is 5.91 Å². The summed E-state index contributed by atoms with van der Waals surface area (Å²) in [6.07, 6.45) is 0.680. The number of fused-ring (bicyclic) bond motifs is 1. The number of para-hydroxylation sites is 1. The number of urea groups is 1. The molecule has 1 aromatic rings. The van der Waals surface area contributed by atoms with Crippen molar-refractivity contribution in [3.8, 4) is 5.75 Å². The molecular weight excluding hydrogens is 306 g/mol. The van der Waals surface area contributed by atoms with E-state index in [1.807, 2.05) is 43.0 Å². The second-order valence-corrected chi connectivity index (χ2v) is 6.54. The number of nitrogens with zero attached hydrogens (tertiary/aromatic N) is 2. The number of hydrogen-bond donors (Lipinski definition) is 1. The van der Waals surface area contributed by atoms with Gasteiger partial charge < -0.3 is 19.9 Å². The van der Waals surface area contributed by atoms with Crippen LogP contribution >= 0.6 is 0 Å². The van der Waals surface area contributed by atoms with Gasteiger partial charge in [-0.3, -0.25) is 4.79 Å². The molecule has 24 heavy (non-hydrogen) atoms. The Morgan fingerprint density at radius 1 is 1.17 bits per heavy atom. The lowest BCUT2D eigenvalue weighted by Gasteiger charge is -2.41. The summed E-state index contributed by atoms with van der Waals surface area (Å²) in [5, 5.41) is 2.81. The third kappa shape index (κ3) is 2.92. The fourth-order valence-corrected chi connectivity index (χ4v) is 3.49. The molecule has 2 heterocycles. The van der Waals surface area contributed by atoms with Gasteiger partial charge in [-0.2, -0.15) is 0 Å². The molecule has 0 aromatic heterocycles. The van der Waals surface area contributed by atoms with Crippen LogP contribution in [0, 0.1) is 0 Å². The summed E-state index contributed by atoms with van der Waals surface area (Å²) < 4.78 is 5.70. The lowest BCUT2D eigenvalue weighted by atomic mass is 9.76. The largest absolute Gasteiger partial charge is 0.493 e. The standard InChI is InChI=1S/C18H25N3O3/c1-3-19-17(23)21-11-9-20(10-12-21)16(22)18(2)8-13-24-15-7-5-4-6-14(15)18/h4-7H,3,8-13H2,1-2H3,(H,19,23). The molecule has 1 fully saturated rings. The van der Waals surface area contributed by atoms with Crippen molar-refractivity contribution in [1.82, 2.24) is 15.1 Å². The Labute approximate surface area is 142 Å². The minimum Gasteiger partial charge on any atom is -0.493 e. The van der Waals surface area contributed by atoms with E-state index in [2.05, 4.69) is 5.32 Å². The van der Waals surface area contributed by atoms with Crippen LogP contribution in [0.15, 0.2) is 24.3 Å². The summed E-state index contributed by atoms with van der Waals surface area (Å²) in [4.78, 5) is 28.7. The molecule has 0 spiro atoms. The van der Waals surface area contributed by atoms with Crippen molar-refractivity contribution in [1.29, 1.82) is 0 Å². The molecule has 0 saturated carbocycles. The van der Waals surface area contributed by atoms with Gasteiger partial charge in [-0.25, -0.2) is 4.79 Å². The van der Waals surface area contributed by atoms with Crippen LogP contribution < -0.4 is 10.1 Å². The molecular formula is C18H25N3O3. The monoisotopic (exact) mass is 331 g/mol. The van der Waals surface area contributed by atoms with Gasteiger partial charge >= 0.3 is 6.03 Å². The third-order valence-corrected chi connectivity index (χ3v) is 5.00. The Kier molecular flexibility index (Phi) is 4.64. The average molecular weight is 331 g/mol. The summed E-state index contributed by atoms with van der Waals surface area (Å²) in [6, 6.07) is 7.74. The van der Waals surface area contributed by atoms with Gasteiger partial charge in [0.25, 0.3) is 0 Å². The molecule has 0 aliphatic carbocycles. The van der Waals surface area contributed by atoms with E-state index in [4.69, 9.17) is 4.74 Å². The molecule has 3 rings (SSSR count). The topological polar surface area (TPSA) is 61.9 Å². The normalized spacial score (nSPS) is 23.2. The molecule has 6 heteroatoms. The van der Waals surface area contributed by atoms with E-state index in [0.29, 0.717) is 45.8 Å². The van der Waals surface area contributed by atoms with Gasteiger partial charge in [0.1, 0.15) is 5.75 Å². The zero-order valence-electron chi connectivity index (χ0n) is 14.4. The zero-order chi connectivity index (χ0) is 17.2. The van der Waals surface area contributed by atoms with Gasteiger partial charge in [-0.05, 0) is 26.3 Å². The van der Waals surface area contributed by atoms with Crippen molar-refractivity contribution in [2.75, 3.05) is 39.3 Å². The van der Waals surface area contributed by atoms with E-state index in [1.54, 1.807) is 4.90 Å². The number of hydrogen-bond acceptors (Lipinski definition) is 3.